The number of aromatic nitrogens is 1. The summed E-state index contributed by atoms with van der Waals surface area (Å²) < 4.78 is 6.49. The predicted molar refractivity (Wildman–Crippen MR) is 57.3 cm³/mol. The molecule has 0 bridgehead atoms. The number of hydrogen-bond donors (Lipinski definition) is 0. The molecule has 0 fully saturated rings. The van der Waals surface area contributed by atoms with Crippen LogP contribution in [0.2, 0.25) is 0 Å². The first-order valence-electron chi connectivity index (χ1n) is 5.01. The van der Waals surface area contributed by atoms with E-state index in [-0.39, 0.29) is 17.5 Å². The number of carbonyl (C=O) groups is 1. The van der Waals surface area contributed by atoms with Crippen LogP contribution in [0.3, 0.4) is 0 Å². The number of nitro groups is 1. The molecule has 0 atom stereocenters. The van der Waals surface area contributed by atoms with E-state index in [1.807, 2.05) is 0 Å². The molecule has 16 heavy (non-hydrogen) atoms. The van der Waals surface area contributed by atoms with Crippen LogP contribution in [0.4, 0.5) is 5.69 Å². The summed E-state index contributed by atoms with van der Waals surface area (Å²) in [4.78, 5) is 21.6. The fraction of sp³-hybridized carbons (Fsp3) is 0.500. The highest BCUT2D eigenvalue weighted by atomic mass is 16.6. The average Bonchev–Trinajstić information content (AvgIpc) is 2.60. The lowest BCUT2D eigenvalue weighted by Crippen LogP contribution is -2.15. The topological polar surface area (TPSA) is 74.4 Å². The molecule has 1 aromatic heterocycles. The van der Waals surface area contributed by atoms with Crippen molar-refractivity contribution in [2.45, 2.75) is 33.4 Å². The summed E-state index contributed by atoms with van der Waals surface area (Å²) in [7, 11) is 0. The minimum atomic E-state index is -0.537. The highest BCUT2D eigenvalue weighted by Crippen LogP contribution is 2.17. The van der Waals surface area contributed by atoms with Crippen LogP contribution in [0.25, 0.3) is 0 Å². The molecule has 0 aromatic carbocycles. The normalized spacial score (nSPS) is 10.5. The average molecular weight is 226 g/mol. The monoisotopic (exact) mass is 226 g/mol. The van der Waals surface area contributed by atoms with E-state index in [0.717, 1.165) is 0 Å². The molecule has 0 aliphatic heterocycles. The number of nitrogens with zero attached hydrogens (tertiary/aromatic N) is 2. The SMILES string of the molecule is CCn1cc([N+](=O)[O-])cc1C(=O)OC(C)C. The van der Waals surface area contributed by atoms with Crippen LogP contribution in [0.1, 0.15) is 31.3 Å². The van der Waals surface area contributed by atoms with Crippen LogP contribution in [0, 0.1) is 10.1 Å². The molecule has 0 aliphatic carbocycles. The first-order chi connectivity index (χ1) is 7.45. The van der Waals surface area contributed by atoms with Gasteiger partial charge in [0.05, 0.1) is 17.2 Å². The Labute approximate surface area is 93.0 Å². The molecular weight excluding hydrogens is 212 g/mol. The molecule has 0 radical (unpaired) electrons. The minimum absolute atomic E-state index is 0.0995. The van der Waals surface area contributed by atoms with Crippen LogP contribution in [-0.2, 0) is 11.3 Å². The van der Waals surface area contributed by atoms with Crippen molar-refractivity contribution < 1.29 is 14.5 Å². The maximum Gasteiger partial charge on any atom is 0.355 e. The van der Waals surface area contributed by atoms with Crippen molar-refractivity contribution in [2.24, 2.45) is 0 Å². The second-order valence-corrected chi connectivity index (χ2v) is 3.58. The number of hydrogen-bond acceptors (Lipinski definition) is 4. The molecule has 1 aromatic rings. The Balaban J connectivity index is 3.02. The molecule has 1 rings (SSSR count). The van der Waals surface area contributed by atoms with Crippen LogP contribution < -0.4 is 0 Å². The van der Waals surface area contributed by atoms with Gasteiger partial charge in [0.1, 0.15) is 5.69 Å². The van der Waals surface area contributed by atoms with Crippen LogP contribution in [0.15, 0.2) is 12.3 Å². The van der Waals surface area contributed by atoms with Gasteiger partial charge in [-0.3, -0.25) is 10.1 Å². The van der Waals surface area contributed by atoms with Gasteiger partial charge in [-0.1, -0.05) is 0 Å². The Hall–Kier alpha value is -1.85. The maximum absolute atomic E-state index is 11.6. The molecule has 0 spiro atoms. The summed E-state index contributed by atoms with van der Waals surface area (Å²) in [6.45, 7) is 5.74. The van der Waals surface area contributed by atoms with E-state index in [4.69, 9.17) is 4.74 Å². The minimum Gasteiger partial charge on any atom is -0.458 e. The summed E-state index contributed by atoms with van der Waals surface area (Å²) in [6, 6.07) is 1.23. The molecule has 0 saturated heterocycles. The van der Waals surface area contributed by atoms with Crippen molar-refractivity contribution in [3.8, 4) is 0 Å². The molecule has 6 nitrogen and oxygen atoms in total. The second kappa shape index (κ2) is 4.78. The summed E-state index contributed by atoms with van der Waals surface area (Å²) in [5.74, 6) is -0.537. The van der Waals surface area contributed by atoms with Gasteiger partial charge < -0.3 is 9.30 Å². The Morgan fingerprint density at radius 3 is 2.69 bits per heavy atom. The third-order valence-corrected chi connectivity index (χ3v) is 1.99. The van der Waals surface area contributed by atoms with Gasteiger partial charge in [0.2, 0.25) is 0 Å². The van der Waals surface area contributed by atoms with E-state index in [9.17, 15) is 14.9 Å². The fourth-order valence-corrected chi connectivity index (χ4v) is 1.30. The van der Waals surface area contributed by atoms with E-state index < -0.39 is 10.9 Å². The lowest BCUT2D eigenvalue weighted by molar-refractivity contribution is -0.384. The standard InChI is InChI=1S/C10H14N2O4/c1-4-11-6-8(12(14)15)5-9(11)10(13)16-7(2)3/h5-7H,4H2,1-3H3. The van der Waals surface area contributed by atoms with Gasteiger partial charge in [-0.25, -0.2) is 4.79 Å². The smallest absolute Gasteiger partial charge is 0.355 e. The Kier molecular flexibility index (Phi) is 3.65. The first-order valence-corrected chi connectivity index (χ1v) is 5.01. The van der Waals surface area contributed by atoms with Gasteiger partial charge in [-0.2, -0.15) is 0 Å². The molecule has 0 aliphatic rings. The maximum atomic E-state index is 11.6. The third-order valence-electron chi connectivity index (χ3n) is 1.99. The van der Waals surface area contributed by atoms with Gasteiger partial charge in [0.15, 0.2) is 0 Å². The summed E-state index contributed by atoms with van der Waals surface area (Å²) in [6.07, 6.45) is 1.09. The quantitative estimate of drug-likeness (QED) is 0.447. The van der Waals surface area contributed by atoms with E-state index in [1.54, 1.807) is 20.8 Å². The Bertz CT molecular complexity index is 409. The highest BCUT2D eigenvalue weighted by molar-refractivity contribution is 5.88. The van der Waals surface area contributed by atoms with Crippen molar-refractivity contribution in [2.75, 3.05) is 0 Å². The fourth-order valence-electron chi connectivity index (χ4n) is 1.30. The Morgan fingerprint density at radius 2 is 2.25 bits per heavy atom. The van der Waals surface area contributed by atoms with E-state index in [0.29, 0.717) is 6.54 Å². The summed E-state index contributed by atoms with van der Waals surface area (Å²) >= 11 is 0. The number of rotatable bonds is 4. The highest BCUT2D eigenvalue weighted by Gasteiger charge is 2.20. The first kappa shape index (κ1) is 12.2. The van der Waals surface area contributed by atoms with Crippen LogP contribution in [0.5, 0.6) is 0 Å². The number of carbonyl (C=O) groups excluding carboxylic acids is 1. The zero-order valence-corrected chi connectivity index (χ0v) is 9.47. The van der Waals surface area contributed by atoms with E-state index in [1.165, 1.54) is 16.8 Å². The zero-order valence-electron chi connectivity index (χ0n) is 9.47. The molecular formula is C10H14N2O4. The summed E-state index contributed by atoms with van der Waals surface area (Å²) in [5.41, 5.74) is 0.112. The van der Waals surface area contributed by atoms with Crippen LogP contribution >= 0.6 is 0 Å². The van der Waals surface area contributed by atoms with Gasteiger partial charge in [-0.05, 0) is 20.8 Å². The van der Waals surface area contributed by atoms with Crippen molar-refractivity contribution in [1.82, 2.24) is 4.57 Å². The van der Waals surface area contributed by atoms with Crippen molar-refractivity contribution in [3.63, 3.8) is 0 Å². The third kappa shape index (κ3) is 2.59. The largest absolute Gasteiger partial charge is 0.458 e. The molecule has 6 heteroatoms. The van der Waals surface area contributed by atoms with Gasteiger partial charge in [0, 0.05) is 12.6 Å². The lowest BCUT2D eigenvalue weighted by Gasteiger charge is -2.08. The molecule has 88 valence electrons. The number of esters is 1. The molecule has 0 N–H and O–H groups in total. The molecule has 0 saturated carbocycles. The van der Waals surface area contributed by atoms with E-state index >= 15 is 0 Å². The summed E-state index contributed by atoms with van der Waals surface area (Å²) in [5, 5.41) is 10.6. The van der Waals surface area contributed by atoms with E-state index in [2.05, 4.69) is 0 Å². The van der Waals surface area contributed by atoms with Crippen molar-refractivity contribution in [1.29, 1.82) is 0 Å². The molecule has 0 unspecified atom stereocenters. The second-order valence-electron chi connectivity index (χ2n) is 3.58. The predicted octanol–water partition coefficient (Wildman–Crippen LogP) is 1.98. The number of aryl methyl sites for hydroxylation is 1. The lowest BCUT2D eigenvalue weighted by atomic mass is 10.4. The molecule has 1 heterocycles. The van der Waals surface area contributed by atoms with Gasteiger partial charge >= 0.3 is 5.97 Å². The zero-order chi connectivity index (χ0) is 12.3. The van der Waals surface area contributed by atoms with Crippen molar-refractivity contribution in [3.05, 3.63) is 28.1 Å². The Morgan fingerprint density at radius 1 is 1.62 bits per heavy atom. The number of ether oxygens (including phenoxy) is 1. The van der Waals surface area contributed by atoms with Gasteiger partial charge in [0.25, 0.3) is 5.69 Å². The molecule has 0 amide bonds. The van der Waals surface area contributed by atoms with Crippen LogP contribution in [-0.4, -0.2) is 21.6 Å². The van der Waals surface area contributed by atoms with Gasteiger partial charge in [-0.15, -0.1) is 0 Å². The van der Waals surface area contributed by atoms with Crippen molar-refractivity contribution >= 4 is 11.7 Å².